The van der Waals surface area contributed by atoms with Gasteiger partial charge in [0.1, 0.15) is 23.6 Å². The summed E-state index contributed by atoms with van der Waals surface area (Å²) in [5, 5.41) is 10.3. The first-order chi connectivity index (χ1) is 15.8. The molecule has 1 N–H and O–H groups in total. The predicted molar refractivity (Wildman–Crippen MR) is 118 cm³/mol. The van der Waals surface area contributed by atoms with Crippen LogP contribution in [0.15, 0.2) is 42.5 Å². The third-order valence-electron chi connectivity index (χ3n) is 5.86. The number of esters is 2. The zero-order valence-electron chi connectivity index (χ0n) is 19.0. The van der Waals surface area contributed by atoms with Crippen LogP contribution < -0.4 is 14.2 Å². The molecule has 2 aromatic carbocycles. The molecule has 0 amide bonds. The highest BCUT2D eigenvalue weighted by atomic mass is 16.5. The van der Waals surface area contributed by atoms with Gasteiger partial charge in [-0.3, -0.25) is 9.59 Å². The number of aliphatic hydroxyl groups excluding tert-OH is 1. The highest BCUT2D eigenvalue weighted by Crippen LogP contribution is 2.34. The first-order valence-electron chi connectivity index (χ1n) is 10.7. The molecule has 0 spiro atoms. The Balaban J connectivity index is 1.56. The van der Waals surface area contributed by atoms with E-state index in [1.54, 1.807) is 43.3 Å². The van der Waals surface area contributed by atoms with Gasteiger partial charge in [0, 0.05) is 6.42 Å². The molecule has 1 saturated carbocycles. The number of hydrogen-bond donors (Lipinski definition) is 1. The summed E-state index contributed by atoms with van der Waals surface area (Å²) in [4.78, 5) is 37.0. The maximum absolute atomic E-state index is 12.5. The van der Waals surface area contributed by atoms with Gasteiger partial charge in [0.2, 0.25) is 0 Å². The number of methoxy groups -OCH3 is 2. The van der Waals surface area contributed by atoms with Crippen molar-refractivity contribution < 1.29 is 38.4 Å². The van der Waals surface area contributed by atoms with Crippen LogP contribution in [0.25, 0.3) is 0 Å². The third kappa shape index (κ3) is 5.51. The van der Waals surface area contributed by atoms with Crippen molar-refractivity contribution in [3.63, 3.8) is 0 Å². The van der Waals surface area contributed by atoms with Crippen LogP contribution in [-0.4, -0.2) is 37.0 Å². The van der Waals surface area contributed by atoms with Crippen molar-refractivity contribution in [1.29, 1.82) is 0 Å². The van der Waals surface area contributed by atoms with Crippen LogP contribution in [0.4, 0.5) is 0 Å². The van der Waals surface area contributed by atoms with Gasteiger partial charge >= 0.3 is 11.9 Å². The Kier molecular flexibility index (Phi) is 7.71. The maximum atomic E-state index is 12.5. The molecule has 176 valence electrons. The zero-order chi connectivity index (χ0) is 24.0. The molecular formula is C25H28O8. The van der Waals surface area contributed by atoms with Gasteiger partial charge in [0.25, 0.3) is 0 Å². The standard InChI is InChI=1S/C25H28O8/c1-25(13-5-4-6-21(25)26)24(29)33-18-10-7-16(8-11-18)15-32-23(28)22(27)17-9-12-19(30-2)20(14-17)31-3/h7-12,14,22,27H,4-6,13,15H2,1-3H3. The van der Waals surface area contributed by atoms with Crippen LogP contribution in [0, 0.1) is 5.41 Å². The van der Waals surface area contributed by atoms with Crippen LogP contribution >= 0.6 is 0 Å². The molecule has 0 saturated heterocycles. The fourth-order valence-electron chi connectivity index (χ4n) is 3.66. The number of carbonyl (C=O) groups is 3. The molecule has 1 fully saturated rings. The summed E-state index contributed by atoms with van der Waals surface area (Å²) in [6.07, 6.45) is 1.01. The van der Waals surface area contributed by atoms with Gasteiger partial charge in [-0.25, -0.2) is 4.79 Å². The minimum Gasteiger partial charge on any atom is -0.493 e. The van der Waals surface area contributed by atoms with Gasteiger partial charge in [0.15, 0.2) is 17.6 Å². The third-order valence-corrected chi connectivity index (χ3v) is 5.86. The minimum atomic E-state index is -1.49. The quantitative estimate of drug-likeness (QED) is 0.365. The van der Waals surface area contributed by atoms with E-state index in [4.69, 9.17) is 18.9 Å². The van der Waals surface area contributed by atoms with E-state index in [-0.39, 0.29) is 12.4 Å². The molecule has 8 heteroatoms. The van der Waals surface area contributed by atoms with E-state index in [1.807, 2.05) is 0 Å². The summed E-state index contributed by atoms with van der Waals surface area (Å²) >= 11 is 0. The second-order valence-electron chi connectivity index (χ2n) is 8.12. The average molecular weight is 456 g/mol. The van der Waals surface area contributed by atoms with Gasteiger partial charge in [-0.15, -0.1) is 0 Å². The number of hydrogen-bond acceptors (Lipinski definition) is 8. The van der Waals surface area contributed by atoms with E-state index in [1.165, 1.54) is 20.3 Å². The maximum Gasteiger partial charge on any atom is 0.339 e. The normalized spacial score (nSPS) is 18.8. The molecule has 8 nitrogen and oxygen atoms in total. The molecule has 0 bridgehead atoms. The highest BCUT2D eigenvalue weighted by molar-refractivity contribution is 6.04. The Bertz CT molecular complexity index is 1010. The molecule has 0 heterocycles. The number of aliphatic hydroxyl groups is 1. The first kappa shape index (κ1) is 24.3. The molecule has 1 aliphatic rings. The van der Waals surface area contributed by atoms with Gasteiger partial charge in [0.05, 0.1) is 14.2 Å². The zero-order valence-corrected chi connectivity index (χ0v) is 19.0. The molecule has 2 atom stereocenters. The molecule has 1 aliphatic carbocycles. The Labute approximate surface area is 192 Å². The summed E-state index contributed by atoms with van der Waals surface area (Å²) < 4.78 is 20.9. The number of ether oxygens (including phenoxy) is 4. The Morgan fingerprint density at radius 1 is 1.03 bits per heavy atom. The van der Waals surface area contributed by atoms with E-state index < -0.39 is 23.5 Å². The van der Waals surface area contributed by atoms with Gasteiger partial charge in [-0.05, 0) is 55.2 Å². The fraction of sp³-hybridized carbons (Fsp3) is 0.400. The van der Waals surface area contributed by atoms with Crippen LogP contribution in [0.2, 0.25) is 0 Å². The topological polar surface area (TPSA) is 108 Å². The number of carbonyl (C=O) groups excluding carboxylic acids is 3. The predicted octanol–water partition coefficient (Wildman–Crippen LogP) is 3.54. The van der Waals surface area contributed by atoms with E-state index >= 15 is 0 Å². The van der Waals surface area contributed by atoms with E-state index in [0.717, 1.165) is 12.8 Å². The molecule has 0 aromatic heterocycles. The molecule has 33 heavy (non-hydrogen) atoms. The Hall–Kier alpha value is -3.39. The number of benzene rings is 2. The van der Waals surface area contributed by atoms with E-state index in [2.05, 4.69) is 0 Å². The lowest BCUT2D eigenvalue weighted by atomic mass is 9.74. The summed E-state index contributed by atoms with van der Waals surface area (Å²) in [5.74, 6) is -0.290. The molecular weight excluding hydrogens is 428 g/mol. The van der Waals surface area contributed by atoms with Crippen LogP contribution in [-0.2, 0) is 25.7 Å². The average Bonchev–Trinajstić information content (AvgIpc) is 2.84. The SMILES string of the molecule is COc1ccc(C(O)C(=O)OCc2ccc(OC(=O)C3(C)CCCCC3=O)cc2)cc1OC. The minimum absolute atomic E-state index is 0.0758. The van der Waals surface area contributed by atoms with Crippen molar-refractivity contribution >= 4 is 17.7 Å². The van der Waals surface area contributed by atoms with Gasteiger partial charge in [-0.1, -0.05) is 24.6 Å². The van der Waals surface area contributed by atoms with Crippen molar-refractivity contribution in [2.75, 3.05) is 14.2 Å². The van der Waals surface area contributed by atoms with Crippen molar-refractivity contribution in [2.24, 2.45) is 5.41 Å². The second kappa shape index (κ2) is 10.5. The highest BCUT2D eigenvalue weighted by Gasteiger charge is 2.43. The number of Topliss-reactive ketones (excluding diaryl/α,β-unsaturated/α-hetero) is 1. The summed E-state index contributed by atoms with van der Waals surface area (Å²) in [7, 11) is 2.95. The molecule has 2 aromatic rings. The van der Waals surface area contributed by atoms with Crippen LogP contribution in [0.3, 0.4) is 0 Å². The Morgan fingerprint density at radius 2 is 1.73 bits per heavy atom. The monoisotopic (exact) mass is 456 g/mol. The second-order valence-corrected chi connectivity index (χ2v) is 8.12. The fourth-order valence-corrected chi connectivity index (χ4v) is 3.66. The summed E-state index contributed by atoms with van der Waals surface area (Å²) in [6.45, 7) is 1.56. The summed E-state index contributed by atoms with van der Waals surface area (Å²) in [6, 6.07) is 11.1. The lowest BCUT2D eigenvalue weighted by Crippen LogP contribution is -2.41. The molecule has 3 rings (SSSR count). The summed E-state index contributed by atoms with van der Waals surface area (Å²) in [5.41, 5.74) is -0.152. The lowest BCUT2D eigenvalue weighted by Gasteiger charge is -2.29. The molecule has 0 aliphatic heterocycles. The van der Waals surface area contributed by atoms with Crippen molar-refractivity contribution in [2.45, 2.75) is 45.3 Å². The Morgan fingerprint density at radius 3 is 2.36 bits per heavy atom. The number of ketones is 1. The van der Waals surface area contributed by atoms with Gasteiger partial charge < -0.3 is 24.1 Å². The molecule has 2 unspecified atom stereocenters. The van der Waals surface area contributed by atoms with E-state index in [0.29, 0.717) is 41.2 Å². The van der Waals surface area contributed by atoms with Crippen molar-refractivity contribution in [3.05, 3.63) is 53.6 Å². The molecule has 0 radical (unpaired) electrons. The van der Waals surface area contributed by atoms with Crippen LogP contribution in [0.5, 0.6) is 17.2 Å². The smallest absolute Gasteiger partial charge is 0.339 e. The number of rotatable bonds is 8. The first-order valence-corrected chi connectivity index (χ1v) is 10.7. The van der Waals surface area contributed by atoms with Crippen molar-refractivity contribution in [1.82, 2.24) is 0 Å². The van der Waals surface area contributed by atoms with E-state index in [9.17, 15) is 19.5 Å². The lowest BCUT2D eigenvalue weighted by molar-refractivity contribution is -0.155. The van der Waals surface area contributed by atoms with Gasteiger partial charge in [-0.2, -0.15) is 0 Å². The largest absolute Gasteiger partial charge is 0.493 e. The van der Waals surface area contributed by atoms with Crippen molar-refractivity contribution in [3.8, 4) is 17.2 Å². The van der Waals surface area contributed by atoms with Crippen LogP contribution in [0.1, 0.15) is 49.8 Å².